The second-order valence-electron chi connectivity index (χ2n) is 10.9. The maximum Gasteiger partial charge on any atom is 0.326 e. The summed E-state index contributed by atoms with van der Waals surface area (Å²) in [6, 6.07) is 20.3. The van der Waals surface area contributed by atoms with Crippen molar-refractivity contribution in [3.8, 4) is 17.2 Å². The number of hydrogen-bond donors (Lipinski definition) is 2. The molecule has 2 unspecified atom stereocenters. The summed E-state index contributed by atoms with van der Waals surface area (Å²) in [5.41, 5.74) is 7.63. The van der Waals surface area contributed by atoms with Crippen molar-refractivity contribution < 1.29 is 27.5 Å². The van der Waals surface area contributed by atoms with E-state index >= 15 is 0 Å². The summed E-state index contributed by atoms with van der Waals surface area (Å²) in [5, 5.41) is 12.6. The molecule has 0 spiro atoms. The number of nitrogens with two attached hydrogens (primary N) is 1. The number of nitrogens with one attached hydrogen (secondary N) is 1. The predicted molar refractivity (Wildman–Crippen MR) is 154 cm³/mol. The number of carbonyl (C=O) groups excluding carboxylic acids is 2. The standard InChI is InChI=1S/C34H28F3N3O3/c1-34(39)17-21-11-20(14-27(36)15-21)5-10-31(23-6-8-26(35)9-7-23)40-32(41)25-13-22(19-43-33(34)42)12-24(16-25)28-3-2-4-30(37)29(28)18-38/h2-4,6-9,11-16,31H,5,10,17,19,39H2,1H3,(H,40,41). The van der Waals surface area contributed by atoms with E-state index in [0.717, 1.165) is 0 Å². The molecule has 1 heterocycles. The van der Waals surface area contributed by atoms with E-state index in [0.29, 0.717) is 40.7 Å². The Kier molecular flexibility index (Phi) is 8.33. The Labute approximate surface area is 246 Å². The smallest absolute Gasteiger partial charge is 0.326 e. The van der Waals surface area contributed by atoms with Crippen LogP contribution in [0.2, 0.25) is 0 Å². The third kappa shape index (κ3) is 6.76. The quantitative estimate of drug-likeness (QED) is 0.279. The van der Waals surface area contributed by atoms with Gasteiger partial charge in [0, 0.05) is 17.5 Å². The molecule has 2 atom stereocenters. The Bertz CT molecular complexity index is 1750. The minimum absolute atomic E-state index is 0.00876. The van der Waals surface area contributed by atoms with Gasteiger partial charge in [-0.2, -0.15) is 5.26 Å². The van der Waals surface area contributed by atoms with Gasteiger partial charge in [0.15, 0.2) is 0 Å². The van der Waals surface area contributed by atoms with Crippen LogP contribution in [-0.2, 0) is 29.0 Å². The zero-order valence-electron chi connectivity index (χ0n) is 23.3. The van der Waals surface area contributed by atoms with Gasteiger partial charge in [0.2, 0.25) is 0 Å². The SMILES string of the molecule is CC1(N)Cc2cc(F)cc(c2)CCC(c2ccc(F)cc2)NC(=O)c2cc(cc(-c3cccc(F)c3C#N)c2)COC1=O. The van der Waals surface area contributed by atoms with E-state index in [1.807, 2.05) is 6.07 Å². The van der Waals surface area contributed by atoms with Crippen LogP contribution in [0, 0.1) is 28.8 Å². The zero-order chi connectivity index (χ0) is 30.7. The number of cyclic esters (lactones) is 1. The van der Waals surface area contributed by atoms with Gasteiger partial charge in [-0.15, -0.1) is 0 Å². The number of esters is 1. The average molecular weight is 584 g/mol. The Morgan fingerprint density at radius 2 is 1.63 bits per heavy atom. The first-order valence-electron chi connectivity index (χ1n) is 13.7. The van der Waals surface area contributed by atoms with Crippen LogP contribution < -0.4 is 11.1 Å². The van der Waals surface area contributed by atoms with Gasteiger partial charge in [-0.25, -0.2) is 13.2 Å². The van der Waals surface area contributed by atoms with Crippen LogP contribution >= 0.6 is 0 Å². The molecule has 0 fully saturated rings. The molecule has 1 aliphatic heterocycles. The van der Waals surface area contributed by atoms with Crippen molar-refractivity contribution in [2.45, 2.75) is 44.4 Å². The average Bonchev–Trinajstić information content (AvgIpc) is 2.97. The molecule has 6 nitrogen and oxygen atoms in total. The molecular weight excluding hydrogens is 555 g/mol. The van der Waals surface area contributed by atoms with Crippen LogP contribution in [0.25, 0.3) is 11.1 Å². The zero-order valence-corrected chi connectivity index (χ0v) is 23.3. The van der Waals surface area contributed by atoms with Crippen LogP contribution in [-0.4, -0.2) is 17.4 Å². The monoisotopic (exact) mass is 583 g/mol. The molecule has 4 bridgehead atoms. The Balaban J connectivity index is 1.61. The third-order valence-electron chi connectivity index (χ3n) is 7.42. The summed E-state index contributed by atoms with van der Waals surface area (Å²) in [6.07, 6.45) is 0.699. The van der Waals surface area contributed by atoms with Gasteiger partial charge >= 0.3 is 5.97 Å². The lowest BCUT2D eigenvalue weighted by Crippen LogP contribution is -2.48. The molecule has 1 amide bonds. The molecule has 43 heavy (non-hydrogen) atoms. The number of fused-ring (bicyclic) bond motifs is 4. The summed E-state index contributed by atoms with van der Waals surface area (Å²) in [4.78, 5) is 26.8. The molecule has 1 aliphatic rings. The highest BCUT2D eigenvalue weighted by Crippen LogP contribution is 2.29. The number of hydrogen-bond acceptors (Lipinski definition) is 5. The number of amides is 1. The van der Waals surface area contributed by atoms with Crippen molar-refractivity contribution in [2.24, 2.45) is 5.73 Å². The van der Waals surface area contributed by atoms with Gasteiger partial charge in [0.05, 0.1) is 11.6 Å². The number of rotatable bonds is 2. The van der Waals surface area contributed by atoms with Crippen LogP contribution in [0.3, 0.4) is 0 Å². The minimum Gasteiger partial charge on any atom is -0.459 e. The van der Waals surface area contributed by atoms with Crippen LogP contribution in [0.15, 0.2) is 78.9 Å². The number of carbonyl (C=O) groups is 2. The van der Waals surface area contributed by atoms with Crippen LogP contribution in [0.5, 0.6) is 0 Å². The lowest BCUT2D eigenvalue weighted by atomic mass is 9.91. The van der Waals surface area contributed by atoms with Crippen LogP contribution in [0.1, 0.15) is 57.6 Å². The molecule has 4 aromatic carbocycles. The number of ether oxygens (including phenoxy) is 1. The molecule has 5 rings (SSSR count). The van der Waals surface area contributed by atoms with Crippen molar-refractivity contribution >= 4 is 11.9 Å². The number of aryl methyl sites for hydroxylation is 1. The van der Waals surface area contributed by atoms with E-state index in [1.54, 1.807) is 30.3 Å². The van der Waals surface area contributed by atoms with E-state index in [-0.39, 0.29) is 29.7 Å². The van der Waals surface area contributed by atoms with Crippen molar-refractivity contribution in [1.82, 2.24) is 5.32 Å². The van der Waals surface area contributed by atoms with E-state index in [4.69, 9.17) is 10.5 Å². The topological polar surface area (TPSA) is 105 Å². The Morgan fingerprint density at radius 1 is 0.907 bits per heavy atom. The molecule has 3 N–H and O–H groups in total. The maximum absolute atomic E-state index is 14.6. The highest BCUT2D eigenvalue weighted by atomic mass is 19.1. The lowest BCUT2D eigenvalue weighted by molar-refractivity contribution is -0.150. The minimum atomic E-state index is -1.49. The molecule has 0 aromatic heterocycles. The maximum atomic E-state index is 14.6. The molecule has 0 saturated carbocycles. The van der Waals surface area contributed by atoms with Crippen molar-refractivity contribution in [2.75, 3.05) is 0 Å². The molecule has 9 heteroatoms. The molecular formula is C34H28F3N3O3. The first-order valence-corrected chi connectivity index (χ1v) is 13.7. The first kappa shape index (κ1) is 29.5. The van der Waals surface area contributed by atoms with E-state index in [2.05, 4.69) is 5.32 Å². The van der Waals surface area contributed by atoms with Crippen molar-refractivity contribution in [3.05, 3.63) is 130 Å². The third-order valence-corrected chi connectivity index (χ3v) is 7.42. The summed E-state index contributed by atoms with van der Waals surface area (Å²) in [6.45, 7) is 1.22. The highest BCUT2D eigenvalue weighted by molar-refractivity contribution is 5.96. The summed E-state index contributed by atoms with van der Waals surface area (Å²) in [5.74, 6) is -2.88. The van der Waals surface area contributed by atoms with Gasteiger partial charge in [-0.1, -0.05) is 30.3 Å². The predicted octanol–water partition coefficient (Wildman–Crippen LogP) is 6.06. The summed E-state index contributed by atoms with van der Waals surface area (Å²) >= 11 is 0. The molecule has 0 saturated heterocycles. The van der Waals surface area contributed by atoms with E-state index in [9.17, 15) is 28.0 Å². The molecule has 0 aliphatic carbocycles. The normalized spacial score (nSPS) is 19.2. The van der Waals surface area contributed by atoms with Gasteiger partial charge in [-0.3, -0.25) is 9.59 Å². The largest absolute Gasteiger partial charge is 0.459 e. The lowest BCUT2D eigenvalue weighted by Gasteiger charge is -2.24. The summed E-state index contributed by atoms with van der Waals surface area (Å²) in [7, 11) is 0. The van der Waals surface area contributed by atoms with Crippen molar-refractivity contribution in [3.63, 3.8) is 0 Å². The fourth-order valence-corrected chi connectivity index (χ4v) is 5.28. The van der Waals surface area contributed by atoms with Gasteiger partial charge in [-0.05, 0) is 96.1 Å². The van der Waals surface area contributed by atoms with Crippen molar-refractivity contribution in [1.29, 1.82) is 5.26 Å². The Hall–Kier alpha value is -4.94. The number of nitrogens with zero attached hydrogens (tertiary/aromatic N) is 1. The Morgan fingerprint density at radius 3 is 2.37 bits per heavy atom. The van der Waals surface area contributed by atoms with E-state index < -0.39 is 40.9 Å². The number of halogens is 3. The molecule has 218 valence electrons. The second-order valence-corrected chi connectivity index (χ2v) is 10.9. The van der Waals surface area contributed by atoms with Gasteiger partial charge < -0.3 is 15.8 Å². The highest BCUT2D eigenvalue weighted by Gasteiger charge is 2.31. The fraction of sp³-hybridized carbons (Fsp3) is 0.206. The molecule has 0 radical (unpaired) electrons. The second kappa shape index (κ2) is 12.1. The van der Waals surface area contributed by atoms with Gasteiger partial charge in [0.25, 0.3) is 5.91 Å². The molecule has 4 aromatic rings. The van der Waals surface area contributed by atoms with Crippen LogP contribution in [0.4, 0.5) is 13.2 Å². The number of benzene rings is 4. The number of nitriles is 1. The fourth-order valence-electron chi connectivity index (χ4n) is 5.28. The van der Waals surface area contributed by atoms with E-state index in [1.165, 1.54) is 55.5 Å². The van der Waals surface area contributed by atoms with Gasteiger partial charge in [0.1, 0.15) is 35.7 Å². The first-order chi connectivity index (χ1) is 20.5. The summed E-state index contributed by atoms with van der Waals surface area (Å²) < 4.78 is 48.4.